The average molecular weight is 760 g/mol. The van der Waals surface area contributed by atoms with Crippen LogP contribution in [0.4, 0.5) is 0 Å². The van der Waals surface area contributed by atoms with Crippen LogP contribution in [0.5, 0.6) is 0 Å². The smallest absolute Gasteiger partial charge is 0.550 e. The van der Waals surface area contributed by atoms with Crippen molar-refractivity contribution in [1.82, 2.24) is 5.32 Å². The predicted molar refractivity (Wildman–Crippen MR) is 226 cm³/mol. The summed E-state index contributed by atoms with van der Waals surface area (Å²) in [5, 5.41) is 13.5. The second-order valence-corrected chi connectivity index (χ2v) is 17.1. The molecule has 0 aromatic carbocycles. The number of unbranched alkanes of at least 4 members (excludes halogenated alkanes) is 35. The summed E-state index contributed by atoms with van der Waals surface area (Å²) in [6, 6.07) is 0. The van der Waals surface area contributed by atoms with E-state index in [-0.39, 0.29) is 41.9 Å². The Bertz CT molecular complexity index is 695. The number of amides is 1. The maximum absolute atomic E-state index is 12.0. The number of carbonyl (C=O) groups is 2. The van der Waals surface area contributed by atoms with Gasteiger partial charge in [-0.05, 0) is 50.0 Å². The molecule has 0 atom stereocenters. The van der Waals surface area contributed by atoms with Crippen LogP contribution in [-0.4, -0.2) is 29.9 Å². The number of aliphatic carboxylic acids is 1. The topological polar surface area (TPSA) is 69.2 Å². The van der Waals surface area contributed by atoms with Gasteiger partial charge in [0.05, 0.1) is 0 Å². The van der Waals surface area contributed by atoms with E-state index < -0.39 is 5.97 Å². The van der Waals surface area contributed by atoms with Crippen LogP contribution in [0.15, 0.2) is 0 Å². The van der Waals surface area contributed by atoms with E-state index in [4.69, 9.17) is 0 Å². The van der Waals surface area contributed by atoms with Crippen LogP contribution in [-0.2, 0) is 9.59 Å². The zero-order valence-electron chi connectivity index (χ0n) is 35.5. The van der Waals surface area contributed by atoms with E-state index >= 15 is 0 Å². The molecule has 0 aliphatic rings. The second-order valence-electron chi connectivity index (χ2n) is 15.9. The maximum Gasteiger partial charge on any atom is 1.00 e. The molecule has 1 N–H and O–H groups in total. The van der Waals surface area contributed by atoms with Crippen molar-refractivity contribution < 1.29 is 44.3 Å². The van der Waals surface area contributed by atoms with E-state index in [0.717, 1.165) is 38.6 Å². The van der Waals surface area contributed by atoms with Gasteiger partial charge in [-0.1, -0.05) is 219 Å². The molecule has 1 amide bonds. The van der Waals surface area contributed by atoms with Gasteiger partial charge in [-0.25, -0.2) is 0 Å². The van der Waals surface area contributed by atoms with E-state index in [0.29, 0.717) is 6.42 Å². The van der Waals surface area contributed by atoms with Gasteiger partial charge in [0.15, 0.2) is 0 Å². The molecule has 0 heterocycles. The fourth-order valence-corrected chi connectivity index (χ4v) is 8.26. The summed E-state index contributed by atoms with van der Waals surface area (Å²) in [5.74, 6) is 2.08. The first-order chi connectivity index (χ1) is 25.2. The van der Waals surface area contributed by atoms with Crippen molar-refractivity contribution in [3.63, 3.8) is 0 Å². The van der Waals surface area contributed by atoms with Crippen molar-refractivity contribution >= 4 is 23.6 Å². The van der Waals surface area contributed by atoms with Gasteiger partial charge in [0.2, 0.25) is 5.91 Å². The number of carboxylic acids is 1. The molecule has 0 aromatic rings. The molecule has 0 aliphatic heterocycles. The van der Waals surface area contributed by atoms with Gasteiger partial charge < -0.3 is 15.2 Å². The minimum absolute atomic E-state index is 0. The summed E-state index contributed by atoms with van der Waals surface area (Å²) in [6.45, 7) is 3.11. The molecule has 0 aliphatic carbocycles. The van der Waals surface area contributed by atoms with Crippen molar-refractivity contribution in [2.45, 2.75) is 264 Å². The Labute approximate surface area is 352 Å². The number of carbonyl (C=O) groups excluding carboxylic acids is 2. The van der Waals surface area contributed by atoms with Crippen molar-refractivity contribution in [3.05, 3.63) is 0 Å². The maximum atomic E-state index is 12.0. The standard InChI is InChI=1S/C46H91NO3S.Na/c1-2-3-4-5-6-7-23-28-33-38-43-51-44-39-34-29-24-19-17-15-13-11-9-8-10-12-14-16-18-20-25-30-35-40-45(48)47-42-37-32-27-22-21-26-31-36-41-46(49)50;/h2-44H2,1H3,(H,47,48)(H,49,50);/q;+1/p-1. The summed E-state index contributed by atoms with van der Waals surface area (Å²) in [4.78, 5) is 22.4. The number of nitrogens with one attached hydrogen (secondary N) is 1. The van der Waals surface area contributed by atoms with E-state index in [1.807, 2.05) is 0 Å². The summed E-state index contributed by atoms with van der Waals surface area (Å²) in [6.07, 6.45) is 51.9. The molecule has 0 saturated heterocycles. The van der Waals surface area contributed by atoms with Crippen LogP contribution in [0.25, 0.3) is 0 Å². The van der Waals surface area contributed by atoms with Crippen LogP contribution >= 0.6 is 11.8 Å². The third-order valence-electron chi connectivity index (χ3n) is 10.7. The third-order valence-corrected chi connectivity index (χ3v) is 11.9. The summed E-state index contributed by atoms with van der Waals surface area (Å²) in [5.41, 5.74) is 0. The first-order valence-electron chi connectivity index (χ1n) is 23.2. The minimum atomic E-state index is -0.932. The van der Waals surface area contributed by atoms with Crippen LogP contribution in [0, 0.1) is 0 Å². The van der Waals surface area contributed by atoms with Gasteiger partial charge in [-0.3, -0.25) is 4.79 Å². The Hall–Kier alpha value is 0.290. The third kappa shape index (κ3) is 50.3. The Balaban J connectivity index is 0. The molecule has 0 unspecified atom stereocenters. The van der Waals surface area contributed by atoms with Crippen molar-refractivity contribution in [2.24, 2.45) is 0 Å². The molecule has 0 radical (unpaired) electrons. The molecule has 0 fully saturated rings. The molecule has 4 nitrogen and oxygen atoms in total. The average Bonchev–Trinajstić information content (AvgIpc) is 3.12. The summed E-state index contributed by atoms with van der Waals surface area (Å²) < 4.78 is 0. The molecular weight excluding hydrogens is 670 g/mol. The Morgan fingerprint density at radius 2 is 0.654 bits per heavy atom. The molecule has 6 heteroatoms. The van der Waals surface area contributed by atoms with E-state index in [2.05, 4.69) is 24.0 Å². The van der Waals surface area contributed by atoms with Gasteiger partial charge in [-0.15, -0.1) is 0 Å². The summed E-state index contributed by atoms with van der Waals surface area (Å²) >= 11 is 2.21. The summed E-state index contributed by atoms with van der Waals surface area (Å²) in [7, 11) is 0. The Morgan fingerprint density at radius 3 is 0.981 bits per heavy atom. The van der Waals surface area contributed by atoms with Crippen LogP contribution in [0.1, 0.15) is 264 Å². The monoisotopic (exact) mass is 760 g/mol. The number of hydrogen-bond donors (Lipinski definition) is 1. The number of carboxylic acid groups (broad SMARTS) is 1. The fraction of sp³-hybridized carbons (Fsp3) is 0.957. The van der Waals surface area contributed by atoms with E-state index in [1.54, 1.807) is 0 Å². The van der Waals surface area contributed by atoms with Gasteiger partial charge >= 0.3 is 29.6 Å². The molecule has 52 heavy (non-hydrogen) atoms. The van der Waals surface area contributed by atoms with Gasteiger partial charge in [0.25, 0.3) is 0 Å². The fourth-order valence-electron chi connectivity index (χ4n) is 7.24. The van der Waals surface area contributed by atoms with Crippen molar-refractivity contribution in [2.75, 3.05) is 18.1 Å². The Morgan fingerprint density at radius 1 is 0.385 bits per heavy atom. The quantitative estimate of drug-likeness (QED) is 0.0496. The van der Waals surface area contributed by atoms with Gasteiger partial charge in [0.1, 0.15) is 0 Å². The number of thioether (sulfide) groups is 1. The SMILES string of the molecule is CCCCCCCCCCCCSCCCCCCCCCCCCCCCCCCCCCCC(=O)NCCCCCCCCCCC(=O)[O-].[Na+]. The second kappa shape index (κ2) is 49.3. The number of rotatable bonds is 45. The molecule has 0 spiro atoms. The molecule has 0 aromatic heterocycles. The first kappa shape index (κ1) is 54.4. The zero-order chi connectivity index (χ0) is 37.0. The normalized spacial score (nSPS) is 11.2. The van der Waals surface area contributed by atoms with Crippen molar-refractivity contribution in [1.29, 1.82) is 0 Å². The van der Waals surface area contributed by atoms with Gasteiger partial charge in [-0.2, -0.15) is 11.8 Å². The van der Waals surface area contributed by atoms with Crippen LogP contribution in [0.3, 0.4) is 0 Å². The van der Waals surface area contributed by atoms with Crippen LogP contribution < -0.4 is 40.0 Å². The molecule has 0 saturated carbocycles. The minimum Gasteiger partial charge on any atom is -0.550 e. The zero-order valence-corrected chi connectivity index (χ0v) is 38.4. The van der Waals surface area contributed by atoms with E-state index in [9.17, 15) is 14.7 Å². The molecular formula is C46H90NNaO3S. The van der Waals surface area contributed by atoms with Crippen LogP contribution in [0.2, 0.25) is 0 Å². The number of hydrogen-bond acceptors (Lipinski definition) is 4. The largest absolute Gasteiger partial charge is 1.00 e. The van der Waals surface area contributed by atoms with E-state index in [1.165, 1.54) is 223 Å². The van der Waals surface area contributed by atoms with Gasteiger partial charge in [0, 0.05) is 18.9 Å². The first-order valence-corrected chi connectivity index (χ1v) is 24.4. The predicted octanol–water partition coefficient (Wildman–Crippen LogP) is 11.2. The molecule has 0 bridgehead atoms. The molecule has 304 valence electrons. The molecule has 0 rings (SSSR count). The van der Waals surface area contributed by atoms with Crippen molar-refractivity contribution in [3.8, 4) is 0 Å². The Kier molecular flexibility index (Phi) is 51.6.